The van der Waals surface area contributed by atoms with Crippen molar-refractivity contribution >= 4 is 56.5 Å². The molecule has 9 nitrogen and oxygen atoms in total. The Balaban J connectivity index is 1.27. The van der Waals surface area contributed by atoms with Gasteiger partial charge in [-0.3, -0.25) is 14.5 Å². The monoisotopic (exact) mass is 553 g/mol. The van der Waals surface area contributed by atoms with Gasteiger partial charge < -0.3 is 20.7 Å². The molecule has 4 amide bonds. The first-order chi connectivity index (χ1) is 19.5. The number of anilines is 3. The molecule has 0 radical (unpaired) electrons. The number of para-hydroxylation sites is 1. The van der Waals surface area contributed by atoms with Gasteiger partial charge in [-0.1, -0.05) is 37.6 Å². The molecule has 2 aliphatic rings. The highest BCUT2D eigenvalue weighted by molar-refractivity contribution is 7.21. The number of amides is 4. The minimum atomic E-state index is -0.377. The lowest BCUT2D eigenvalue weighted by Crippen LogP contribution is -2.52. The van der Waals surface area contributed by atoms with Crippen molar-refractivity contribution in [3.05, 3.63) is 84.4 Å². The number of pyridine rings is 1. The SMILES string of the molecule is C=CC(=O)N[C@H]1CCCC[C@H]1NC(=O)c1sc2nccc3c2c1NC(=O)N3c1ccc(Oc2ccccc2)cc1. The van der Waals surface area contributed by atoms with Crippen molar-refractivity contribution in [3.63, 3.8) is 0 Å². The summed E-state index contributed by atoms with van der Waals surface area (Å²) in [6, 6.07) is 17.7. The maximum atomic E-state index is 13.5. The molecular formula is C30H27N5O4S. The fourth-order valence-electron chi connectivity index (χ4n) is 5.24. The molecule has 1 aliphatic carbocycles. The minimum Gasteiger partial charge on any atom is -0.457 e. The number of nitrogens with zero attached hydrogens (tertiary/aromatic N) is 2. The van der Waals surface area contributed by atoms with Gasteiger partial charge in [-0.05, 0) is 61.4 Å². The first-order valence-electron chi connectivity index (χ1n) is 13.1. The van der Waals surface area contributed by atoms with Gasteiger partial charge in [0.05, 0.1) is 22.4 Å². The maximum absolute atomic E-state index is 13.5. The molecule has 40 heavy (non-hydrogen) atoms. The van der Waals surface area contributed by atoms with Crippen molar-refractivity contribution < 1.29 is 19.1 Å². The summed E-state index contributed by atoms with van der Waals surface area (Å²) in [4.78, 5) is 45.9. The number of carbonyl (C=O) groups excluding carboxylic acids is 3. The summed E-state index contributed by atoms with van der Waals surface area (Å²) in [6.07, 6.45) is 6.33. The molecule has 0 saturated heterocycles. The van der Waals surface area contributed by atoms with Crippen LogP contribution in [0.3, 0.4) is 0 Å². The highest BCUT2D eigenvalue weighted by Gasteiger charge is 2.34. The molecule has 2 atom stereocenters. The van der Waals surface area contributed by atoms with Crippen molar-refractivity contribution in [2.24, 2.45) is 0 Å². The zero-order valence-electron chi connectivity index (χ0n) is 21.6. The summed E-state index contributed by atoms with van der Waals surface area (Å²) >= 11 is 1.23. The predicted octanol–water partition coefficient (Wildman–Crippen LogP) is 6.12. The number of nitrogens with one attached hydrogen (secondary N) is 3. The number of benzene rings is 2. The van der Waals surface area contributed by atoms with E-state index in [1.807, 2.05) is 54.6 Å². The van der Waals surface area contributed by atoms with Gasteiger partial charge in [0.15, 0.2) is 0 Å². The second-order valence-corrected chi connectivity index (χ2v) is 10.7. The Morgan fingerprint density at radius 3 is 2.42 bits per heavy atom. The lowest BCUT2D eigenvalue weighted by atomic mass is 9.90. The normalized spacial score (nSPS) is 18.1. The van der Waals surface area contributed by atoms with Crippen molar-refractivity contribution in [3.8, 4) is 11.5 Å². The van der Waals surface area contributed by atoms with E-state index in [1.54, 1.807) is 17.2 Å². The van der Waals surface area contributed by atoms with E-state index in [0.29, 0.717) is 37.9 Å². The Kier molecular flexibility index (Phi) is 6.91. The van der Waals surface area contributed by atoms with Crippen LogP contribution in [0.4, 0.5) is 21.9 Å². The summed E-state index contributed by atoms with van der Waals surface area (Å²) < 4.78 is 5.89. The van der Waals surface area contributed by atoms with E-state index >= 15 is 0 Å². The molecule has 0 bridgehead atoms. The van der Waals surface area contributed by atoms with Crippen LogP contribution in [0.5, 0.6) is 11.5 Å². The fourth-order valence-corrected chi connectivity index (χ4v) is 6.26. The van der Waals surface area contributed by atoms with Crippen LogP contribution in [0.2, 0.25) is 0 Å². The van der Waals surface area contributed by atoms with E-state index in [0.717, 1.165) is 31.4 Å². The van der Waals surface area contributed by atoms with Crippen LogP contribution in [0.15, 0.2) is 79.5 Å². The number of aromatic nitrogens is 1. The molecule has 2 aromatic heterocycles. The largest absolute Gasteiger partial charge is 0.457 e. The molecule has 0 spiro atoms. The fraction of sp³-hybridized carbons (Fsp3) is 0.200. The van der Waals surface area contributed by atoms with Crippen LogP contribution in [0, 0.1) is 0 Å². The Morgan fingerprint density at radius 2 is 1.70 bits per heavy atom. The molecule has 3 heterocycles. The van der Waals surface area contributed by atoms with Crippen LogP contribution in [-0.4, -0.2) is 34.9 Å². The third-order valence-corrected chi connectivity index (χ3v) is 8.22. The van der Waals surface area contributed by atoms with Crippen LogP contribution in [0.25, 0.3) is 10.2 Å². The van der Waals surface area contributed by atoms with Crippen molar-refractivity contribution in [2.45, 2.75) is 37.8 Å². The van der Waals surface area contributed by atoms with Gasteiger partial charge in [0.25, 0.3) is 5.91 Å². The molecule has 0 unspecified atom stereocenters. The van der Waals surface area contributed by atoms with Gasteiger partial charge >= 0.3 is 6.03 Å². The predicted molar refractivity (Wildman–Crippen MR) is 156 cm³/mol. The molecular weight excluding hydrogens is 526 g/mol. The Labute approximate surface area is 234 Å². The summed E-state index contributed by atoms with van der Waals surface area (Å²) in [5.41, 5.74) is 1.74. The van der Waals surface area contributed by atoms with E-state index < -0.39 is 0 Å². The second-order valence-electron chi connectivity index (χ2n) is 9.67. The van der Waals surface area contributed by atoms with Gasteiger partial charge in [-0.15, -0.1) is 11.3 Å². The lowest BCUT2D eigenvalue weighted by molar-refractivity contribution is -0.117. The zero-order chi connectivity index (χ0) is 27.6. The van der Waals surface area contributed by atoms with Crippen LogP contribution < -0.4 is 25.6 Å². The van der Waals surface area contributed by atoms with Gasteiger partial charge in [0.1, 0.15) is 21.2 Å². The summed E-state index contributed by atoms with van der Waals surface area (Å²) in [5.74, 6) is 0.805. The highest BCUT2D eigenvalue weighted by atomic mass is 32.1. The number of hydrogen-bond acceptors (Lipinski definition) is 6. The quantitative estimate of drug-likeness (QED) is 0.239. The molecule has 1 aliphatic heterocycles. The summed E-state index contributed by atoms with van der Waals surface area (Å²) in [7, 11) is 0. The van der Waals surface area contributed by atoms with E-state index in [4.69, 9.17) is 4.74 Å². The van der Waals surface area contributed by atoms with Crippen molar-refractivity contribution in [2.75, 3.05) is 10.2 Å². The number of hydrogen-bond donors (Lipinski definition) is 3. The zero-order valence-corrected chi connectivity index (χ0v) is 22.4. The van der Waals surface area contributed by atoms with Crippen molar-refractivity contribution in [1.82, 2.24) is 15.6 Å². The molecule has 2 aromatic carbocycles. The third-order valence-electron chi connectivity index (χ3n) is 7.12. The Hall–Kier alpha value is -4.70. The molecule has 1 fully saturated rings. The number of carbonyl (C=O) groups is 3. The topological polar surface area (TPSA) is 113 Å². The number of thiophene rings is 1. The van der Waals surface area contributed by atoms with E-state index in [2.05, 4.69) is 27.5 Å². The molecule has 3 N–H and O–H groups in total. The van der Waals surface area contributed by atoms with Gasteiger partial charge in [-0.2, -0.15) is 0 Å². The molecule has 1 saturated carbocycles. The molecule has 202 valence electrons. The van der Waals surface area contributed by atoms with Gasteiger partial charge in [-0.25, -0.2) is 9.78 Å². The average Bonchev–Trinajstić information content (AvgIpc) is 3.35. The summed E-state index contributed by atoms with van der Waals surface area (Å²) in [5, 5.41) is 9.67. The number of rotatable bonds is 7. The third kappa shape index (κ3) is 4.89. The Morgan fingerprint density at radius 1 is 1.00 bits per heavy atom. The van der Waals surface area contributed by atoms with Crippen LogP contribution >= 0.6 is 11.3 Å². The first-order valence-corrected chi connectivity index (χ1v) is 13.9. The van der Waals surface area contributed by atoms with Crippen LogP contribution in [0.1, 0.15) is 35.4 Å². The Bertz CT molecular complexity index is 1600. The van der Waals surface area contributed by atoms with E-state index in [-0.39, 0.29) is 29.9 Å². The second kappa shape index (κ2) is 10.8. The van der Waals surface area contributed by atoms with E-state index in [1.165, 1.54) is 17.4 Å². The summed E-state index contributed by atoms with van der Waals surface area (Å²) in [6.45, 7) is 3.52. The standard InChI is InChI=1S/C30H27N5O4S/c1-2-24(36)32-21-10-6-7-11-22(21)33-28(37)27-26-25-23(16-17-31-29(25)40-27)35(30(38)34-26)18-12-14-20(15-13-18)39-19-8-4-3-5-9-19/h2-5,8-9,12-17,21-22H,1,6-7,10-11H2,(H,32,36)(H,33,37)(H,34,38)/t21-,22+/m0/s1. The minimum absolute atomic E-state index is 0.179. The van der Waals surface area contributed by atoms with Gasteiger partial charge in [0, 0.05) is 18.3 Å². The number of urea groups is 1. The smallest absolute Gasteiger partial charge is 0.331 e. The lowest BCUT2D eigenvalue weighted by Gasteiger charge is -2.32. The van der Waals surface area contributed by atoms with Crippen molar-refractivity contribution in [1.29, 1.82) is 0 Å². The van der Waals surface area contributed by atoms with Gasteiger partial charge in [0.2, 0.25) is 5.91 Å². The first kappa shape index (κ1) is 25.6. The van der Waals surface area contributed by atoms with E-state index in [9.17, 15) is 14.4 Å². The highest BCUT2D eigenvalue weighted by Crippen LogP contribution is 2.46. The van der Waals surface area contributed by atoms with Crippen LogP contribution in [-0.2, 0) is 4.79 Å². The average molecular weight is 554 g/mol. The number of ether oxygens (including phenoxy) is 1. The molecule has 6 rings (SSSR count). The molecule has 10 heteroatoms. The molecule has 4 aromatic rings. The maximum Gasteiger partial charge on any atom is 0.331 e.